The molecule has 0 radical (unpaired) electrons. The molecule has 1 aliphatic rings. The Balaban J connectivity index is 1.87. The van der Waals surface area contributed by atoms with E-state index in [1.807, 2.05) is 0 Å². The molecule has 0 saturated carbocycles. The first-order chi connectivity index (χ1) is 12.3. The van der Waals surface area contributed by atoms with Crippen LogP contribution in [0.5, 0.6) is 0 Å². The summed E-state index contributed by atoms with van der Waals surface area (Å²) in [6, 6.07) is 4.14. The molecule has 1 fully saturated rings. The number of aromatic nitrogens is 2. The number of hydrogen-bond acceptors (Lipinski definition) is 5. The number of rotatable bonds is 4. The molecule has 6 nitrogen and oxygen atoms in total. The van der Waals surface area contributed by atoms with Crippen molar-refractivity contribution in [2.45, 2.75) is 18.6 Å². The highest BCUT2D eigenvalue weighted by atomic mass is 32.2. The van der Waals surface area contributed by atoms with Gasteiger partial charge in [0.25, 0.3) is 5.91 Å². The summed E-state index contributed by atoms with van der Waals surface area (Å²) in [5.41, 5.74) is 5.59. The Morgan fingerprint density at radius 2 is 2.04 bits per heavy atom. The fourth-order valence-corrected chi connectivity index (χ4v) is 3.59. The molecule has 1 aromatic heterocycles. The van der Waals surface area contributed by atoms with Crippen LogP contribution in [0.2, 0.25) is 0 Å². The van der Waals surface area contributed by atoms with E-state index in [2.05, 4.69) is 10.4 Å². The zero-order chi connectivity index (χ0) is 18.9. The summed E-state index contributed by atoms with van der Waals surface area (Å²) in [5.74, 6) is 0.920. The summed E-state index contributed by atoms with van der Waals surface area (Å²) in [7, 11) is 0. The van der Waals surface area contributed by atoms with E-state index < -0.39 is 17.6 Å². The summed E-state index contributed by atoms with van der Waals surface area (Å²) in [5, 5.41) is 15.2. The molecule has 1 aliphatic heterocycles. The van der Waals surface area contributed by atoms with Gasteiger partial charge in [0.15, 0.2) is 5.82 Å². The van der Waals surface area contributed by atoms with Crippen molar-refractivity contribution in [3.05, 3.63) is 41.6 Å². The number of amides is 1. The highest BCUT2D eigenvalue weighted by molar-refractivity contribution is 8.00. The third kappa shape index (κ3) is 3.85. The van der Waals surface area contributed by atoms with Gasteiger partial charge in [-0.15, -0.1) is 0 Å². The van der Waals surface area contributed by atoms with Gasteiger partial charge in [-0.2, -0.15) is 30.0 Å². The third-order valence-corrected chi connectivity index (χ3v) is 5.03. The van der Waals surface area contributed by atoms with Crippen molar-refractivity contribution in [1.82, 2.24) is 9.78 Å². The van der Waals surface area contributed by atoms with Crippen LogP contribution in [0, 0.1) is 5.41 Å². The summed E-state index contributed by atoms with van der Waals surface area (Å²) in [6.07, 6.45) is -2.23. The number of anilines is 2. The molecule has 1 saturated heterocycles. The van der Waals surface area contributed by atoms with Crippen molar-refractivity contribution in [3.8, 4) is 0 Å². The van der Waals surface area contributed by atoms with Gasteiger partial charge in [0, 0.05) is 23.3 Å². The van der Waals surface area contributed by atoms with Crippen LogP contribution in [-0.4, -0.2) is 32.9 Å². The minimum absolute atomic E-state index is 0.121. The smallest absolute Gasteiger partial charge is 0.365 e. The van der Waals surface area contributed by atoms with Crippen LogP contribution in [-0.2, 0) is 6.18 Å². The van der Waals surface area contributed by atoms with Crippen LogP contribution in [0.15, 0.2) is 30.5 Å². The Hall–Kier alpha value is -2.49. The Bertz CT molecular complexity index is 831. The number of carbonyl (C=O) groups excluding carboxylic acids is 1. The number of hydrogen-bond donors (Lipinski definition) is 3. The van der Waals surface area contributed by atoms with Gasteiger partial charge >= 0.3 is 6.18 Å². The maximum atomic E-state index is 12.6. The number of nitrogens with two attached hydrogens (primary N) is 1. The average molecular weight is 383 g/mol. The fourth-order valence-electron chi connectivity index (χ4n) is 2.64. The van der Waals surface area contributed by atoms with Crippen LogP contribution in [0.25, 0.3) is 0 Å². The van der Waals surface area contributed by atoms with Crippen molar-refractivity contribution in [2.75, 3.05) is 16.8 Å². The zero-order valence-electron chi connectivity index (χ0n) is 13.5. The van der Waals surface area contributed by atoms with Crippen LogP contribution >= 0.6 is 11.8 Å². The number of thioether (sulfide) groups is 1. The number of nitrogens with one attached hydrogen (secondary N) is 2. The second-order valence-corrected chi connectivity index (χ2v) is 6.92. The lowest BCUT2D eigenvalue weighted by Gasteiger charge is -2.22. The quantitative estimate of drug-likeness (QED) is 0.753. The summed E-state index contributed by atoms with van der Waals surface area (Å²) < 4.78 is 39.5. The Kier molecular flexibility index (Phi) is 4.94. The molecule has 0 bridgehead atoms. The van der Waals surface area contributed by atoms with Crippen LogP contribution < -0.4 is 11.1 Å². The molecule has 0 unspecified atom stereocenters. The van der Waals surface area contributed by atoms with Crippen molar-refractivity contribution in [3.63, 3.8) is 0 Å². The SMILES string of the molecule is N=C1CSCC[C@H]1n1cc(C(N)=O)c(Nc2ccc(C(F)(F)F)cc2)n1. The van der Waals surface area contributed by atoms with Gasteiger partial charge in [0.2, 0.25) is 0 Å². The van der Waals surface area contributed by atoms with Crippen molar-refractivity contribution < 1.29 is 18.0 Å². The number of benzene rings is 1. The maximum absolute atomic E-state index is 12.6. The van der Waals surface area contributed by atoms with E-state index in [0.717, 1.165) is 17.9 Å². The molecule has 2 heterocycles. The number of halogens is 3. The number of primary amides is 1. The van der Waals surface area contributed by atoms with Crippen LogP contribution in [0.1, 0.15) is 28.4 Å². The molecular formula is C16H16F3N5OS. The Morgan fingerprint density at radius 1 is 1.35 bits per heavy atom. The Morgan fingerprint density at radius 3 is 2.62 bits per heavy atom. The molecule has 0 spiro atoms. The van der Waals surface area contributed by atoms with Gasteiger partial charge in [-0.25, -0.2) is 0 Å². The molecule has 26 heavy (non-hydrogen) atoms. The summed E-state index contributed by atoms with van der Waals surface area (Å²) in [6.45, 7) is 0. The van der Waals surface area contributed by atoms with E-state index in [1.165, 1.54) is 23.0 Å². The van der Waals surface area contributed by atoms with E-state index in [1.54, 1.807) is 11.8 Å². The van der Waals surface area contributed by atoms with E-state index >= 15 is 0 Å². The predicted octanol–water partition coefficient (Wildman–Crippen LogP) is 3.44. The molecule has 1 atom stereocenters. The van der Waals surface area contributed by atoms with Crippen LogP contribution in [0.4, 0.5) is 24.7 Å². The van der Waals surface area contributed by atoms with Crippen molar-refractivity contribution in [2.24, 2.45) is 5.73 Å². The normalized spacial score (nSPS) is 18.0. The van der Waals surface area contributed by atoms with Gasteiger partial charge in [0.05, 0.1) is 11.6 Å². The average Bonchev–Trinajstić information content (AvgIpc) is 2.99. The molecule has 138 valence electrons. The van der Waals surface area contributed by atoms with Gasteiger partial charge in [-0.1, -0.05) is 0 Å². The van der Waals surface area contributed by atoms with Gasteiger partial charge in [-0.05, 0) is 36.4 Å². The van der Waals surface area contributed by atoms with E-state index in [4.69, 9.17) is 11.1 Å². The molecule has 4 N–H and O–H groups in total. The monoisotopic (exact) mass is 383 g/mol. The molecule has 10 heteroatoms. The highest BCUT2D eigenvalue weighted by Gasteiger charge is 2.30. The summed E-state index contributed by atoms with van der Waals surface area (Å²) in [4.78, 5) is 11.7. The van der Waals surface area contributed by atoms with Crippen molar-refractivity contribution in [1.29, 1.82) is 5.41 Å². The molecular weight excluding hydrogens is 367 g/mol. The third-order valence-electron chi connectivity index (χ3n) is 3.99. The minimum atomic E-state index is -4.42. The highest BCUT2D eigenvalue weighted by Crippen LogP contribution is 2.31. The molecule has 3 rings (SSSR count). The van der Waals surface area contributed by atoms with Gasteiger partial charge in [0.1, 0.15) is 5.56 Å². The lowest BCUT2D eigenvalue weighted by atomic mass is 10.1. The maximum Gasteiger partial charge on any atom is 0.416 e. The van der Waals surface area contributed by atoms with Crippen molar-refractivity contribution >= 4 is 34.9 Å². The first-order valence-electron chi connectivity index (χ1n) is 7.74. The van der Waals surface area contributed by atoms with E-state index in [9.17, 15) is 18.0 Å². The molecule has 1 aromatic carbocycles. The largest absolute Gasteiger partial charge is 0.416 e. The standard InChI is InChI=1S/C16H16F3N5OS/c17-16(18,19)9-1-3-10(4-2-9)22-15-11(14(21)25)7-24(23-15)13-5-6-26-8-12(13)20/h1-4,7,13,20H,5-6,8H2,(H2,21,25)(H,22,23)/t13-/m1/s1. The Labute approximate surface area is 151 Å². The number of carbonyl (C=O) groups is 1. The topological polar surface area (TPSA) is 96.8 Å². The minimum Gasteiger partial charge on any atom is -0.365 e. The first-order valence-corrected chi connectivity index (χ1v) is 8.89. The first kappa shape index (κ1) is 18.3. The summed E-state index contributed by atoms with van der Waals surface area (Å²) >= 11 is 1.66. The molecule has 0 aliphatic carbocycles. The molecule has 1 amide bonds. The lowest BCUT2D eigenvalue weighted by molar-refractivity contribution is -0.137. The van der Waals surface area contributed by atoms with E-state index in [0.29, 0.717) is 23.6 Å². The van der Waals surface area contributed by atoms with Gasteiger partial charge < -0.3 is 16.5 Å². The second-order valence-electron chi connectivity index (χ2n) is 5.82. The fraction of sp³-hybridized carbons (Fsp3) is 0.312. The number of alkyl halides is 3. The zero-order valence-corrected chi connectivity index (χ0v) is 14.3. The molecule has 2 aromatic rings. The lowest BCUT2D eigenvalue weighted by Crippen LogP contribution is -2.25. The number of nitrogens with zero attached hydrogens (tertiary/aromatic N) is 2. The van der Waals surface area contributed by atoms with Gasteiger partial charge in [-0.3, -0.25) is 9.48 Å². The predicted molar refractivity (Wildman–Crippen MR) is 94.2 cm³/mol. The second kappa shape index (κ2) is 7.02. The van der Waals surface area contributed by atoms with Crippen LogP contribution in [0.3, 0.4) is 0 Å². The van der Waals surface area contributed by atoms with E-state index in [-0.39, 0.29) is 17.4 Å².